The largest absolute Gasteiger partial charge is 0.431 e. The Labute approximate surface area is 166 Å². The van der Waals surface area contributed by atoms with Crippen molar-refractivity contribution in [1.29, 1.82) is 0 Å². The van der Waals surface area contributed by atoms with Gasteiger partial charge in [0.25, 0.3) is 11.2 Å². The smallest absolute Gasteiger partial charge is 0.369 e. The maximum atomic E-state index is 12.9. The van der Waals surface area contributed by atoms with Gasteiger partial charge in [-0.05, 0) is 24.3 Å². The van der Waals surface area contributed by atoms with Gasteiger partial charge in [0.2, 0.25) is 0 Å². The predicted octanol–water partition coefficient (Wildman–Crippen LogP) is 6.10. The highest BCUT2D eigenvalue weighted by Crippen LogP contribution is 2.55. The molecule has 2 nitrogen and oxygen atoms in total. The van der Waals surface area contributed by atoms with Crippen LogP contribution in [0.1, 0.15) is 9.75 Å². The molecule has 0 aliphatic heterocycles. The lowest BCUT2D eigenvalue weighted by Crippen LogP contribution is -2.53. The average molecular weight is 498 g/mol. The molecule has 0 unspecified atom stereocenters. The average Bonchev–Trinajstić information content (AvgIpc) is 3.18. The molecule has 0 radical (unpaired) electrons. The Morgan fingerprint density at radius 3 is 0.900 bits per heavy atom. The van der Waals surface area contributed by atoms with Crippen LogP contribution in [0.15, 0.2) is 24.3 Å². The van der Waals surface area contributed by atoms with E-state index < -0.39 is 55.4 Å². The van der Waals surface area contributed by atoms with Gasteiger partial charge in [0.1, 0.15) is 0 Å². The minimum atomic E-state index is -6.22. The van der Waals surface area contributed by atoms with Crippen molar-refractivity contribution in [2.75, 3.05) is 0 Å². The molecular formula is C14H6F12O2S2. The summed E-state index contributed by atoms with van der Waals surface area (Å²) in [6.45, 7) is 0. The van der Waals surface area contributed by atoms with Crippen molar-refractivity contribution >= 4 is 22.7 Å². The summed E-state index contributed by atoms with van der Waals surface area (Å²) in [4.78, 5) is -4.59. The van der Waals surface area contributed by atoms with Crippen LogP contribution in [0.25, 0.3) is 9.75 Å². The third-order valence-electron chi connectivity index (χ3n) is 3.81. The van der Waals surface area contributed by atoms with E-state index in [4.69, 9.17) is 0 Å². The molecular weight excluding hydrogens is 492 g/mol. The Bertz CT molecular complexity index is 797. The summed E-state index contributed by atoms with van der Waals surface area (Å²) in [5.74, 6) is 0. The van der Waals surface area contributed by atoms with Crippen LogP contribution >= 0.6 is 22.7 Å². The van der Waals surface area contributed by atoms with E-state index in [0.29, 0.717) is 12.1 Å². The summed E-state index contributed by atoms with van der Waals surface area (Å²) in [7, 11) is 0. The molecule has 2 rings (SSSR count). The normalized spacial score (nSPS) is 15.0. The van der Waals surface area contributed by atoms with Crippen molar-refractivity contribution in [3.63, 3.8) is 0 Å². The zero-order chi connectivity index (χ0) is 23.6. The summed E-state index contributed by atoms with van der Waals surface area (Å²) in [6.07, 6.45) is -24.9. The highest BCUT2D eigenvalue weighted by atomic mass is 32.1. The number of alkyl halides is 12. The van der Waals surface area contributed by atoms with Gasteiger partial charge in [-0.25, -0.2) is 0 Å². The van der Waals surface area contributed by atoms with E-state index in [9.17, 15) is 62.9 Å². The maximum Gasteiger partial charge on any atom is 0.431 e. The van der Waals surface area contributed by atoms with Gasteiger partial charge in [-0.15, -0.1) is 22.7 Å². The molecule has 0 aliphatic rings. The van der Waals surface area contributed by atoms with Gasteiger partial charge < -0.3 is 10.2 Å². The Morgan fingerprint density at radius 2 is 0.700 bits per heavy atom. The SMILES string of the molecule is OC(c1ccc(-c2ccc(C(O)(C(F)(F)F)C(F)(F)F)s2)s1)(C(F)(F)F)C(F)(F)F. The molecule has 30 heavy (non-hydrogen) atoms. The topological polar surface area (TPSA) is 40.5 Å². The van der Waals surface area contributed by atoms with E-state index in [1.165, 1.54) is 0 Å². The molecule has 2 N–H and O–H groups in total. The Kier molecular flexibility index (Phi) is 5.77. The number of hydrogen-bond donors (Lipinski definition) is 2. The van der Waals surface area contributed by atoms with Crippen molar-refractivity contribution in [3.8, 4) is 9.75 Å². The van der Waals surface area contributed by atoms with E-state index in [0.717, 1.165) is 0 Å². The number of rotatable bonds is 3. The van der Waals surface area contributed by atoms with Crippen molar-refractivity contribution in [2.45, 2.75) is 35.9 Å². The van der Waals surface area contributed by atoms with Crippen LogP contribution in [-0.4, -0.2) is 34.9 Å². The minimum Gasteiger partial charge on any atom is -0.369 e. The van der Waals surface area contributed by atoms with Gasteiger partial charge in [-0.3, -0.25) is 0 Å². The monoisotopic (exact) mass is 498 g/mol. The molecule has 2 heterocycles. The standard InChI is InChI=1S/C14H6F12O2S2/c15-11(16,17)9(27,12(18,19)20)7-3-1-5(29-7)6-2-4-8(30-6)10(28,13(21,22)23)14(24,25)26/h1-4,27-28H. The lowest BCUT2D eigenvalue weighted by molar-refractivity contribution is -0.375. The molecule has 0 aliphatic carbocycles. The third-order valence-corrected chi connectivity index (χ3v) is 6.39. The summed E-state index contributed by atoms with van der Waals surface area (Å²) >= 11 is -0.676. The van der Waals surface area contributed by atoms with Crippen molar-refractivity contribution < 1.29 is 62.9 Å². The first-order chi connectivity index (χ1) is 13.2. The van der Waals surface area contributed by atoms with E-state index in [1.54, 1.807) is 0 Å². The number of halogens is 12. The number of thiophene rings is 2. The fourth-order valence-electron chi connectivity index (χ4n) is 2.21. The van der Waals surface area contributed by atoms with Crippen molar-refractivity contribution in [1.82, 2.24) is 0 Å². The summed E-state index contributed by atoms with van der Waals surface area (Å²) in [6, 6.07) is 1.50. The second kappa shape index (κ2) is 7.00. The highest BCUT2D eigenvalue weighted by Gasteiger charge is 2.73. The summed E-state index contributed by atoms with van der Waals surface area (Å²) < 4.78 is 155. The zero-order valence-electron chi connectivity index (χ0n) is 13.6. The Hall–Kier alpha value is -1.52. The second-order valence-corrected chi connectivity index (χ2v) is 7.91. The highest BCUT2D eigenvalue weighted by molar-refractivity contribution is 7.22. The van der Waals surface area contributed by atoms with Gasteiger partial charge in [0, 0.05) is 9.75 Å². The molecule has 0 aromatic carbocycles. The van der Waals surface area contributed by atoms with Gasteiger partial charge in [-0.1, -0.05) is 0 Å². The minimum absolute atomic E-state index is 0.195. The number of aliphatic hydroxyl groups is 2. The summed E-state index contributed by atoms with van der Waals surface area (Å²) in [5.41, 5.74) is -10.6. The molecule has 2 aromatic heterocycles. The molecule has 0 spiro atoms. The lowest BCUT2D eigenvalue weighted by Gasteiger charge is -2.31. The molecule has 0 saturated heterocycles. The van der Waals surface area contributed by atoms with Gasteiger partial charge in [0.15, 0.2) is 0 Å². The fraction of sp³-hybridized carbons (Fsp3) is 0.429. The molecule has 0 atom stereocenters. The molecule has 170 valence electrons. The Balaban J connectivity index is 2.57. The Morgan fingerprint density at radius 1 is 0.467 bits per heavy atom. The van der Waals surface area contributed by atoms with Crippen molar-refractivity contribution in [3.05, 3.63) is 34.0 Å². The van der Waals surface area contributed by atoms with Crippen LogP contribution in [0.3, 0.4) is 0 Å². The van der Waals surface area contributed by atoms with Crippen LogP contribution in [-0.2, 0) is 11.2 Å². The van der Waals surface area contributed by atoms with Crippen LogP contribution in [0.4, 0.5) is 52.7 Å². The quantitative estimate of drug-likeness (QED) is 0.503. The van der Waals surface area contributed by atoms with Crippen LogP contribution in [0, 0.1) is 0 Å². The number of hydrogen-bond acceptors (Lipinski definition) is 4. The van der Waals surface area contributed by atoms with Gasteiger partial charge >= 0.3 is 24.7 Å². The van der Waals surface area contributed by atoms with E-state index >= 15 is 0 Å². The third kappa shape index (κ3) is 3.67. The summed E-state index contributed by atoms with van der Waals surface area (Å²) in [5, 5.41) is 18.6. The van der Waals surface area contributed by atoms with Gasteiger partial charge in [-0.2, -0.15) is 52.7 Å². The fourth-order valence-corrected chi connectivity index (χ4v) is 4.57. The molecule has 16 heteroatoms. The van der Waals surface area contributed by atoms with E-state index in [1.807, 2.05) is 0 Å². The van der Waals surface area contributed by atoms with Crippen LogP contribution < -0.4 is 0 Å². The predicted molar refractivity (Wildman–Crippen MR) is 79.6 cm³/mol. The molecule has 0 bridgehead atoms. The zero-order valence-corrected chi connectivity index (χ0v) is 15.2. The lowest BCUT2D eigenvalue weighted by atomic mass is 10.0. The first-order valence-electron chi connectivity index (χ1n) is 7.10. The van der Waals surface area contributed by atoms with Crippen molar-refractivity contribution in [2.24, 2.45) is 0 Å². The van der Waals surface area contributed by atoms with Gasteiger partial charge in [0.05, 0.1) is 9.75 Å². The molecule has 2 aromatic rings. The van der Waals surface area contributed by atoms with Crippen LogP contribution in [0.2, 0.25) is 0 Å². The molecule has 0 fully saturated rings. The molecule has 0 saturated carbocycles. The molecule has 0 amide bonds. The first kappa shape index (κ1) is 24.7. The maximum absolute atomic E-state index is 12.9. The van der Waals surface area contributed by atoms with Crippen LogP contribution in [0.5, 0.6) is 0 Å². The van der Waals surface area contributed by atoms with E-state index in [2.05, 4.69) is 0 Å². The first-order valence-corrected chi connectivity index (χ1v) is 8.74. The van der Waals surface area contributed by atoms with E-state index in [-0.39, 0.29) is 34.8 Å². The second-order valence-electron chi connectivity index (χ2n) is 5.74.